The Labute approximate surface area is 67.2 Å². The summed E-state index contributed by atoms with van der Waals surface area (Å²) in [6, 6.07) is 2.43. The molecule has 1 rings (SSSR count). The lowest BCUT2D eigenvalue weighted by molar-refractivity contribution is 0.0118. The van der Waals surface area contributed by atoms with Gasteiger partial charge in [0.1, 0.15) is 5.69 Å². The average molecular weight is 179 g/mol. The van der Waals surface area contributed by atoms with Gasteiger partial charge in [0.2, 0.25) is 0 Å². The molecular formula is C6H5ClF2N2. The first-order valence-electron chi connectivity index (χ1n) is 2.87. The summed E-state index contributed by atoms with van der Waals surface area (Å²) in [5, 5.41) is 6.61. The van der Waals surface area contributed by atoms with Crippen LogP contribution < -0.4 is 0 Å². The predicted molar refractivity (Wildman–Crippen MR) is 36.6 cm³/mol. The summed E-state index contributed by atoms with van der Waals surface area (Å²) in [6.45, 7) is 0.755. The predicted octanol–water partition coefficient (Wildman–Crippen LogP) is 2.24. The van der Waals surface area contributed by atoms with Crippen LogP contribution in [0.15, 0.2) is 12.1 Å². The molecule has 5 heteroatoms. The second-order valence-electron chi connectivity index (χ2n) is 2.13. The second kappa shape index (κ2) is 2.70. The molecule has 0 N–H and O–H groups in total. The summed E-state index contributed by atoms with van der Waals surface area (Å²) >= 11 is 5.34. The van der Waals surface area contributed by atoms with Crippen molar-refractivity contribution in [2.75, 3.05) is 0 Å². The standard InChI is InChI=1S/C6H5ClF2N2/c1-6(8,9)4-2-3-5(7)11-10-4/h2-3H,1H3. The molecule has 0 fully saturated rings. The first-order valence-corrected chi connectivity index (χ1v) is 3.25. The van der Waals surface area contributed by atoms with Crippen molar-refractivity contribution in [3.05, 3.63) is 23.0 Å². The van der Waals surface area contributed by atoms with Crippen LogP contribution in [0.2, 0.25) is 5.15 Å². The van der Waals surface area contributed by atoms with Crippen molar-refractivity contribution in [1.82, 2.24) is 10.2 Å². The van der Waals surface area contributed by atoms with Crippen molar-refractivity contribution < 1.29 is 8.78 Å². The van der Waals surface area contributed by atoms with Crippen molar-refractivity contribution in [2.45, 2.75) is 12.8 Å². The van der Waals surface area contributed by atoms with Gasteiger partial charge in [0.15, 0.2) is 5.15 Å². The van der Waals surface area contributed by atoms with Crippen LogP contribution in [0.25, 0.3) is 0 Å². The highest BCUT2D eigenvalue weighted by molar-refractivity contribution is 6.29. The lowest BCUT2D eigenvalue weighted by atomic mass is 10.2. The molecule has 2 nitrogen and oxygen atoms in total. The molecule has 0 spiro atoms. The second-order valence-corrected chi connectivity index (χ2v) is 2.52. The van der Waals surface area contributed by atoms with E-state index in [1.165, 1.54) is 6.07 Å². The van der Waals surface area contributed by atoms with Gasteiger partial charge >= 0.3 is 0 Å². The van der Waals surface area contributed by atoms with Crippen LogP contribution in [0.4, 0.5) is 8.78 Å². The maximum Gasteiger partial charge on any atom is 0.288 e. The Morgan fingerprint density at radius 1 is 1.36 bits per heavy atom. The van der Waals surface area contributed by atoms with Crippen LogP contribution in [0.1, 0.15) is 12.6 Å². The number of hydrogen-bond acceptors (Lipinski definition) is 2. The average Bonchev–Trinajstić information content (AvgIpc) is 1.86. The molecule has 0 saturated carbocycles. The van der Waals surface area contributed by atoms with Crippen LogP contribution in [-0.2, 0) is 5.92 Å². The van der Waals surface area contributed by atoms with Gasteiger partial charge in [-0.2, -0.15) is 8.78 Å². The number of hydrogen-bond donors (Lipinski definition) is 0. The quantitative estimate of drug-likeness (QED) is 0.659. The maximum absolute atomic E-state index is 12.4. The Morgan fingerprint density at radius 3 is 2.36 bits per heavy atom. The van der Waals surface area contributed by atoms with E-state index in [0.717, 1.165) is 13.0 Å². The van der Waals surface area contributed by atoms with E-state index in [4.69, 9.17) is 11.6 Å². The summed E-state index contributed by atoms with van der Waals surface area (Å²) in [6.07, 6.45) is 0. The number of nitrogens with zero attached hydrogens (tertiary/aromatic N) is 2. The highest BCUT2D eigenvalue weighted by Crippen LogP contribution is 2.24. The van der Waals surface area contributed by atoms with E-state index < -0.39 is 5.92 Å². The van der Waals surface area contributed by atoms with Gasteiger partial charge in [-0.05, 0) is 12.1 Å². The molecule has 11 heavy (non-hydrogen) atoms. The number of aromatic nitrogens is 2. The van der Waals surface area contributed by atoms with E-state index >= 15 is 0 Å². The van der Waals surface area contributed by atoms with Gasteiger partial charge in [0.05, 0.1) is 0 Å². The van der Waals surface area contributed by atoms with Gasteiger partial charge in [-0.25, -0.2) is 0 Å². The molecular weight excluding hydrogens is 174 g/mol. The van der Waals surface area contributed by atoms with Crippen LogP contribution in [-0.4, -0.2) is 10.2 Å². The van der Waals surface area contributed by atoms with Gasteiger partial charge in [0.25, 0.3) is 5.92 Å². The molecule has 0 amide bonds. The number of halogens is 3. The normalized spacial score (nSPS) is 11.6. The van der Waals surface area contributed by atoms with E-state index in [1.54, 1.807) is 0 Å². The molecule has 1 aromatic heterocycles. The first kappa shape index (κ1) is 8.33. The van der Waals surface area contributed by atoms with Crippen LogP contribution >= 0.6 is 11.6 Å². The number of rotatable bonds is 1. The van der Waals surface area contributed by atoms with E-state index in [1.807, 2.05) is 0 Å². The van der Waals surface area contributed by atoms with E-state index in [0.29, 0.717) is 0 Å². The third-order valence-electron chi connectivity index (χ3n) is 1.08. The fourth-order valence-electron chi connectivity index (χ4n) is 0.550. The maximum atomic E-state index is 12.4. The molecule has 0 aromatic carbocycles. The highest BCUT2D eigenvalue weighted by Gasteiger charge is 2.26. The molecule has 0 radical (unpaired) electrons. The SMILES string of the molecule is CC(F)(F)c1ccc(Cl)nn1. The summed E-state index contributed by atoms with van der Waals surface area (Å²) in [7, 11) is 0. The summed E-state index contributed by atoms with van der Waals surface area (Å²) in [4.78, 5) is 0. The minimum absolute atomic E-state index is 0.109. The lowest BCUT2D eigenvalue weighted by Gasteiger charge is -2.06. The largest absolute Gasteiger partial charge is 0.288 e. The summed E-state index contributed by atoms with van der Waals surface area (Å²) < 4.78 is 24.9. The van der Waals surface area contributed by atoms with Gasteiger partial charge in [0, 0.05) is 6.92 Å². The van der Waals surface area contributed by atoms with Crippen molar-refractivity contribution >= 4 is 11.6 Å². The molecule has 1 aromatic rings. The van der Waals surface area contributed by atoms with E-state index in [-0.39, 0.29) is 10.8 Å². The van der Waals surface area contributed by atoms with Gasteiger partial charge in [-0.1, -0.05) is 11.6 Å². The molecule has 0 bridgehead atoms. The van der Waals surface area contributed by atoms with Crippen molar-refractivity contribution in [1.29, 1.82) is 0 Å². The monoisotopic (exact) mass is 178 g/mol. The fraction of sp³-hybridized carbons (Fsp3) is 0.333. The summed E-state index contributed by atoms with van der Waals surface area (Å²) in [5.41, 5.74) is -0.373. The molecule has 0 aliphatic rings. The Hall–Kier alpha value is -0.770. The summed E-state index contributed by atoms with van der Waals surface area (Å²) in [5.74, 6) is -2.95. The smallest absolute Gasteiger partial charge is 0.200 e. The highest BCUT2D eigenvalue weighted by atomic mass is 35.5. The van der Waals surface area contributed by atoms with Crippen LogP contribution in [0, 0.1) is 0 Å². The van der Waals surface area contributed by atoms with Crippen molar-refractivity contribution in [2.24, 2.45) is 0 Å². The van der Waals surface area contributed by atoms with Crippen LogP contribution in [0.5, 0.6) is 0 Å². The molecule has 0 saturated heterocycles. The Morgan fingerprint density at radius 2 is 2.00 bits per heavy atom. The molecule has 60 valence electrons. The number of alkyl halides is 2. The third kappa shape index (κ3) is 2.08. The van der Waals surface area contributed by atoms with Crippen LogP contribution in [0.3, 0.4) is 0 Å². The molecule has 1 heterocycles. The third-order valence-corrected chi connectivity index (χ3v) is 1.28. The Kier molecular flexibility index (Phi) is 2.04. The van der Waals surface area contributed by atoms with Gasteiger partial charge in [-0.3, -0.25) is 0 Å². The molecule has 0 aliphatic heterocycles. The van der Waals surface area contributed by atoms with Crippen molar-refractivity contribution in [3.8, 4) is 0 Å². The van der Waals surface area contributed by atoms with Crippen molar-refractivity contribution in [3.63, 3.8) is 0 Å². The van der Waals surface area contributed by atoms with E-state index in [9.17, 15) is 8.78 Å². The Balaban J connectivity index is 2.99. The lowest BCUT2D eigenvalue weighted by Crippen LogP contribution is -2.10. The van der Waals surface area contributed by atoms with E-state index in [2.05, 4.69) is 10.2 Å². The van der Waals surface area contributed by atoms with Gasteiger partial charge in [-0.15, -0.1) is 10.2 Å². The fourth-order valence-corrected chi connectivity index (χ4v) is 0.651. The molecule has 0 atom stereocenters. The zero-order chi connectivity index (χ0) is 8.48. The molecule has 0 unspecified atom stereocenters. The first-order chi connectivity index (χ1) is 5.00. The molecule has 0 aliphatic carbocycles. The zero-order valence-electron chi connectivity index (χ0n) is 5.68. The topological polar surface area (TPSA) is 25.8 Å². The Bertz CT molecular complexity index is 242. The zero-order valence-corrected chi connectivity index (χ0v) is 6.44. The minimum Gasteiger partial charge on any atom is -0.200 e. The minimum atomic E-state index is -2.95. The van der Waals surface area contributed by atoms with Gasteiger partial charge < -0.3 is 0 Å².